The molecule has 5 nitrogen and oxygen atoms in total. The number of hydrogen-bond donors (Lipinski definition) is 3. The number of carbonyl (C=O) groups is 1. The van der Waals surface area contributed by atoms with Crippen LogP contribution in [0.5, 0.6) is 5.75 Å². The van der Waals surface area contributed by atoms with Crippen LogP contribution in [0.4, 0.5) is 11.4 Å². The zero-order valence-corrected chi connectivity index (χ0v) is 14.7. The SMILES string of the molecule is CC(C)(Oc1cccc(C(=O)c2ccc(N)c(N)c2)c1)C1CCCN1. The minimum absolute atomic E-state index is 0.103. The highest BCUT2D eigenvalue weighted by molar-refractivity contribution is 6.10. The summed E-state index contributed by atoms with van der Waals surface area (Å²) in [5, 5.41) is 3.47. The van der Waals surface area contributed by atoms with Crippen molar-refractivity contribution in [2.24, 2.45) is 0 Å². The van der Waals surface area contributed by atoms with Gasteiger partial charge in [0.15, 0.2) is 5.78 Å². The summed E-state index contributed by atoms with van der Waals surface area (Å²) < 4.78 is 6.20. The molecule has 2 aromatic carbocycles. The molecular formula is C20H25N3O2. The highest BCUT2D eigenvalue weighted by Gasteiger charge is 2.33. The van der Waals surface area contributed by atoms with Crippen molar-refractivity contribution < 1.29 is 9.53 Å². The Morgan fingerprint density at radius 1 is 1.12 bits per heavy atom. The topological polar surface area (TPSA) is 90.4 Å². The zero-order valence-electron chi connectivity index (χ0n) is 14.7. The van der Waals surface area contributed by atoms with Crippen LogP contribution in [-0.4, -0.2) is 24.0 Å². The van der Waals surface area contributed by atoms with Crippen LogP contribution in [0.25, 0.3) is 0 Å². The van der Waals surface area contributed by atoms with E-state index in [0.29, 0.717) is 34.3 Å². The first-order valence-electron chi connectivity index (χ1n) is 8.59. The van der Waals surface area contributed by atoms with E-state index >= 15 is 0 Å². The van der Waals surface area contributed by atoms with Crippen molar-refractivity contribution in [3.8, 4) is 5.75 Å². The van der Waals surface area contributed by atoms with Gasteiger partial charge in [0.25, 0.3) is 0 Å². The van der Waals surface area contributed by atoms with E-state index in [-0.39, 0.29) is 11.4 Å². The first-order valence-corrected chi connectivity index (χ1v) is 8.59. The van der Waals surface area contributed by atoms with Gasteiger partial charge in [-0.25, -0.2) is 0 Å². The van der Waals surface area contributed by atoms with E-state index in [1.165, 1.54) is 0 Å². The fourth-order valence-corrected chi connectivity index (χ4v) is 3.24. The van der Waals surface area contributed by atoms with Gasteiger partial charge >= 0.3 is 0 Å². The van der Waals surface area contributed by atoms with Crippen LogP contribution in [0.3, 0.4) is 0 Å². The van der Waals surface area contributed by atoms with Crippen LogP contribution in [0.1, 0.15) is 42.6 Å². The molecule has 0 saturated carbocycles. The van der Waals surface area contributed by atoms with Crippen molar-refractivity contribution in [1.29, 1.82) is 0 Å². The van der Waals surface area contributed by atoms with Crippen LogP contribution in [0, 0.1) is 0 Å². The van der Waals surface area contributed by atoms with Gasteiger partial charge < -0.3 is 21.5 Å². The second-order valence-corrected chi connectivity index (χ2v) is 7.06. The molecule has 0 spiro atoms. The van der Waals surface area contributed by atoms with Gasteiger partial charge in [0, 0.05) is 17.2 Å². The van der Waals surface area contributed by atoms with E-state index in [4.69, 9.17) is 16.2 Å². The Hall–Kier alpha value is -2.53. The maximum absolute atomic E-state index is 12.7. The highest BCUT2D eigenvalue weighted by Crippen LogP contribution is 2.27. The van der Waals surface area contributed by atoms with Gasteiger partial charge in [0.2, 0.25) is 0 Å². The number of benzene rings is 2. The summed E-state index contributed by atoms with van der Waals surface area (Å²) in [5.41, 5.74) is 13.1. The third-order valence-electron chi connectivity index (χ3n) is 4.73. The number of nitrogen functional groups attached to an aromatic ring is 2. The molecule has 5 heteroatoms. The van der Waals surface area contributed by atoms with Crippen molar-refractivity contribution >= 4 is 17.2 Å². The van der Waals surface area contributed by atoms with Gasteiger partial charge in [0.1, 0.15) is 11.4 Å². The maximum Gasteiger partial charge on any atom is 0.193 e. The lowest BCUT2D eigenvalue weighted by molar-refractivity contribution is 0.0717. The largest absolute Gasteiger partial charge is 0.486 e. The maximum atomic E-state index is 12.7. The van der Waals surface area contributed by atoms with Gasteiger partial charge in [-0.1, -0.05) is 12.1 Å². The Morgan fingerprint density at radius 2 is 1.88 bits per heavy atom. The molecule has 1 aliphatic rings. The lowest BCUT2D eigenvalue weighted by Crippen LogP contribution is -2.47. The van der Waals surface area contributed by atoms with Crippen molar-refractivity contribution in [3.05, 3.63) is 53.6 Å². The Kier molecular flexibility index (Phi) is 4.68. The average Bonchev–Trinajstić information content (AvgIpc) is 3.12. The standard InChI is InChI=1S/C20H25N3O2/c1-20(2,18-7-4-10-23-18)25-15-6-3-5-13(11-15)19(24)14-8-9-16(21)17(22)12-14/h3,5-6,8-9,11-12,18,23H,4,7,10,21-22H2,1-2H3. The first-order chi connectivity index (χ1) is 11.9. The third kappa shape index (κ3) is 3.77. The van der Waals surface area contributed by atoms with E-state index in [9.17, 15) is 4.79 Å². The molecule has 1 saturated heterocycles. The molecular weight excluding hydrogens is 314 g/mol. The normalized spacial score (nSPS) is 17.4. The molecule has 0 radical (unpaired) electrons. The Bertz CT molecular complexity index is 780. The number of ketones is 1. The summed E-state index contributed by atoms with van der Waals surface area (Å²) in [4.78, 5) is 12.7. The number of nitrogens with two attached hydrogens (primary N) is 2. The van der Waals surface area contributed by atoms with Crippen molar-refractivity contribution in [2.75, 3.05) is 18.0 Å². The van der Waals surface area contributed by atoms with Gasteiger partial charge in [-0.3, -0.25) is 4.79 Å². The molecule has 132 valence electrons. The zero-order chi connectivity index (χ0) is 18.0. The van der Waals surface area contributed by atoms with E-state index in [0.717, 1.165) is 19.4 Å². The van der Waals surface area contributed by atoms with E-state index in [1.54, 1.807) is 30.3 Å². The summed E-state index contributed by atoms with van der Waals surface area (Å²) in [6.45, 7) is 5.17. The Balaban J connectivity index is 1.81. The lowest BCUT2D eigenvalue weighted by atomic mass is 9.97. The van der Waals surface area contributed by atoms with Crippen molar-refractivity contribution in [1.82, 2.24) is 5.32 Å². The average molecular weight is 339 g/mol. The number of nitrogens with one attached hydrogen (secondary N) is 1. The highest BCUT2D eigenvalue weighted by atomic mass is 16.5. The molecule has 1 fully saturated rings. The molecule has 2 aromatic rings. The summed E-state index contributed by atoms with van der Waals surface area (Å²) in [7, 11) is 0. The predicted molar refractivity (Wildman–Crippen MR) is 101 cm³/mol. The van der Waals surface area contributed by atoms with Crippen molar-refractivity contribution in [3.63, 3.8) is 0 Å². The molecule has 1 unspecified atom stereocenters. The summed E-state index contributed by atoms with van der Waals surface area (Å²) in [6, 6.07) is 12.5. The number of rotatable bonds is 5. The summed E-state index contributed by atoms with van der Waals surface area (Å²) in [6.07, 6.45) is 2.25. The first kappa shape index (κ1) is 17.3. The monoisotopic (exact) mass is 339 g/mol. The summed E-state index contributed by atoms with van der Waals surface area (Å²) in [5.74, 6) is 0.585. The van der Waals surface area contributed by atoms with E-state index in [2.05, 4.69) is 19.2 Å². The molecule has 3 rings (SSSR count). The second-order valence-electron chi connectivity index (χ2n) is 7.06. The van der Waals surface area contributed by atoms with Crippen LogP contribution < -0.4 is 21.5 Å². The molecule has 0 aromatic heterocycles. The minimum Gasteiger partial charge on any atom is -0.486 e. The van der Waals surface area contributed by atoms with Gasteiger partial charge in [-0.15, -0.1) is 0 Å². The Morgan fingerprint density at radius 3 is 2.56 bits per heavy atom. The Labute approximate surface area is 148 Å². The fourth-order valence-electron chi connectivity index (χ4n) is 3.24. The second kappa shape index (κ2) is 6.76. The number of hydrogen-bond acceptors (Lipinski definition) is 5. The number of ether oxygens (including phenoxy) is 1. The molecule has 1 aliphatic heterocycles. The van der Waals surface area contributed by atoms with Gasteiger partial charge in [-0.2, -0.15) is 0 Å². The van der Waals surface area contributed by atoms with Gasteiger partial charge in [-0.05, 0) is 63.6 Å². The smallest absolute Gasteiger partial charge is 0.193 e. The lowest BCUT2D eigenvalue weighted by Gasteiger charge is -2.32. The van der Waals surface area contributed by atoms with Gasteiger partial charge in [0.05, 0.1) is 11.4 Å². The predicted octanol–water partition coefficient (Wildman–Crippen LogP) is 2.99. The molecule has 25 heavy (non-hydrogen) atoms. The molecule has 1 atom stereocenters. The molecule has 1 heterocycles. The van der Waals surface area contributed by atoms with E-state index in [1.807, 2.05) is 12.1 Å². The van der Waals surface area contributed by atoms with Crippen LogP contribution in [-0.2, 0) is 0 Å². The van der Waals surface area contributed by atoms with Crippen LogP contribution >= 0.6 is 0 Å². The van der Waals surface area contributed by atoms with Crippen LogP contribution in [0.2, 0.25) is 0 Å². The molecule has 0 bridgehead atoms. The number of anilines is 2. The quantitative estimate of drug-likeness (QED) is 0.575. The molecule has 5 N–H and O–H groups in total. The molecule has 0 aliphatic carbocycles. The molecule has 0 amide bonds. The number of carbonyl (C=O) groups excluding carboxylic acids is 1. The third-order valence-corrected chi connectivity index (χ3v) is 4.73. The van der Waals surface area contributed by atoms with Crippen LogP contribution in [0.15, 0.2) is 42.5 Å². The fraction of sp³-hybridized carbons (Fsp3) is 0.350. The van der Waals surface area contributed by atoms with Crippen molar-refractivity contribution in [2.45, 2.75) is 38.3 Å². The minimum atomic E-state index is -0.343. The van der Waals surface area contributed by atoms with E-state index < -0.39 is 0 Å². The summed E-state index contributed by atoms with van der Waals surface area (Å²) >= 11 is 0.